The highest BCUT2D eigenvalue weighted by molar-refractivity contribution is 7.89. The molecule has 1 saturated heterocycles. The SMILES string of the molecule is Cc1nc2ccccc2n1CC1CCN(S(=O)(=O)c2ccccc2)CC1. The van der Waals surface area contributed by atoms with Crippen molar-refractivity contribution in [2.24, 2.45) is 5.92 Å². The number of aromatic nitrogens is 2. The van der Waals surface area contributed by atoms with Gasteiger partial charge in [-0.05, 0) is 49.9 Å². The van der Waals surface area contributed by atoms with E-state index < -0.39 is 10.0 Å². The van der Waals surface area contributed by atoms with E-state index in [1.54, 1.807) is 28.6 Å². The molecule has 1 aliphatic rings. The van der Waals surface area contributed by atoms with Gasteiger partial charge in [0.05, 0.1) is 15.9 Å². The van der Waals surface area contributed by atoms with E-state index in [0.717, 1.165) is 36.2 Å². The molecule has 2 aromatic carbocycles. The van der Waals surface area contributed by atoms with Gasteiger partial charge in [0.25, 0.3) is 0 Å². The van der Waals surface area contributed by atoms with Gasteiger partial charge in [0.15, 0.2) is 0 Å². The number of benzene rings is 2. The van der Waals surface area contributed by atoms with Gasteiger partial charge in [0.2, 0.25) is 10.0 Å². The lowest BCUT2D eigenvalue weighted by atomic mass is 9.98. The first-order valence-corrected chi connectivity index (χ1v) is 10.5. The Hall–Kier alpha value is -2.18. The molecule has 0 bridgehead atoms. The van der Waals surface area contributed by atoms with Crippen LogP contribution in [0.5, 0.6) is 0 Å². The summed E-state index contributed by atoms with van der Waals surface area (Å²) in [7, 11) is -3.38. The fraction of sp³-hybridized carbons (Fsp3) is 0.350. The first kappa shape index (κ1) is 17.2. The smallest absolute Gasteiger partial charge is 0.243 e. The Balaban J connectivity index is 1.46. The molecule has 136 valence electrons. The maximum atomic E-state index is 12.8. The van der Waals surface area contributed by atoms with Gasteiger partial charge in [-0.15, -0.1) is 0 Å². The van der Waals surface area contributed by atoms with Crippen molar-refractivity contribution < 1.29 is 8.42 Å². The molecule has 0 saturated carbocycles. The van der Waals surface area contributed by atoms with Crippen molar-refractivity contribution in [1.82, 2.24) is 13.9 Å². The zero-order chi connectivity index (χ0) is 18.1. The molecule has 1 aromatic heterocycles. The summed E-state index contributed by atoms with van der Waals surface area (Å²) in [5.41, 5.74) is 2.18. The third kappa shape index (κ3) is 3.15. The Kier molecular flexibility index (Phi) is 4.54. The van der Waals surface area contributed by atoms with E-state index in [2.05, 4.69) is 15.6 Å². The molecular weight excluding hydrogens is 346 g/mol. The monoisotopic (exact) mass is 369 g/mol. The standard InChI is InChI=1S/C20H23N3O2S/c1-16-21-19-9-5-6-10-20(19)23(16)15-17-11-13-22(14-12-17)26(24,25)18-7-3-2-4-8-18/h2-10,17H,11-15H2,1H3. The summed E-state index contributed by atoms with van der Waals surface area (Å²) < 4.78 is 29.4. The number of rotatable bonds is 4. The minimum Gasteiger partial charge on any atom is -0.328 e. The van der Waals surface area contributed by atoms with Crippen molar-refractivity contribution in [2.45, 2.75) is 31.2 Å². The second-order valence-electron chi connectivity index (χ2n) is 6.92. The molecule has 0 amide bonds. The van der Waals surface area contributed by atoms with Crippen LogP contribution in [-0.4, -0.2) is 35.4 Å². The number of aryl methyl sites for hydroxylation is 1. The normalized spacial score (nSPS) is 17.0. The summed E-state index contributed by atoms with van der Waals surface area (Å²) in [5.74, 6) is 1.49. The molecule has 0 aliphatic carbocycles. The summed E-state index contributed by atoms with van der Waals surface area (Å²) in [6.45, 7) is 4.09. The average Bonchev–Trinajstić information content (AvgIpc) is 2.98. The molecule has 0 radical (unpaired) electrons. The average molecular weight is 369 g/mol. The molecule has 0 N–H and O–H groups in total. The van der Waals surface area contributed by atoms with Crippen molar-refractivity contribution in [3.8, 4) is 0 Å². The Morgan fingerprint density at radius 3 is 2.38 bits per heavy atom. The molecule has 5 nitrogen and oxygen atoms in total. The van der Waals surface area contributed by atoms with Crippen LogP contribution < -0.4 is 0 Å². The molecule has 26 heavy (non-hydrogen) atoms. The molecule has 0 spiro atoms. The summed E-state index contributed by atoms with van der Waals surface area (Å²) >= 11 is 0. The van der Waals surface area contributed by atoms with Gasteiger partial charge in [-0.1, -0.05) is 30.3 Å². The molecule has 4 rings (SSSR count). The number of imidazole rings is 1. The van der Waals surface area contributed by atoms with Gasteiger partial charge in [0.1, 0.15) is 5.82 Å². The van der Waals surface area contributed by atoms with E-state index in [9.17, 15) is 8.42 Å². The van der Waals surface area contributed by atoms with E-state index in [1.165, 1.54) is 0 Å². The topological polar surface area (TPSA) is 55.2 Å². The highest BCUT2D eigenvalue weighted by Gasteiger charge is 2.29. The zero-order valence-electron chi connectivity index (χ0n) is 14.9. The molecule has 0 atom stereocenters. The quantitative estimate of drug-likeness (QED) is 0.708. The summed E-state index contributed by atoms with van der Waals surface area (Å²) in [5, 5.41) is 0. The van der Waals surface area contributed by atoms with E-state index in [0.29, 0.717) is 23.9 Å². The predicted octanol–water partition coefficient (Wildman–Crippen LogP) is 3.45. The van der Waals surface area contributed by atoms with E-state index in [1.807, 2.05) is 31.2 Å². The van der Waals surface area contributed by atoms with Gasteiger partial charge >= 0.3 is 0 Å². The maximum Gasteiger partial charge on any atom is 0.243 e. The van der Waals surface area contributed by atoms with Crippen LogP contribution >= 0.6 is 0 Å². The van der Waals surface area contributed by atoms with Crippen molar-refractivity contribution in [3.05, 3.63) is 60.4 Å². The maximum absolute atomic E-state index is 12.8. The first-order chi connectivity index (χ1) is 12.6. The van der Waals surface area contributed by atoms with Crippen molar-refractivity contribution in [2.75, 3.05) is 13.1 Å². The molecule has 3 aromatic rings. The minimum absolute atomic E-state index is 0.384. The number of para-hydroxylation sites is 2. The zero-order valence-corrected chi connectivity index (χ0v) is 15.7. The van der Waals surface area contributed by atoms with Crippen molar-refractivity contribution in [3.63, 3.8) is 0 Å². The lowest BCUT2D eigenvalue weighted by molar-refractivity contribution is 0.253. The van der Waals surface area contributed by atoms with Gasteiger partial charge in [-0.25, -0.2) is 13.4 Å². The predicted molar refractivity (Wildman–Crippen MR) is 102 cm³/mol. The van der Waals surface area contributed by atoms with Crippen LogP contribution in [0.1, 0.15) is 18.7 Å². The Bertz CT molecular complexity index is 1000. The highest BCUT2D eigenvalue weighted by Crippen LogP contribution is 2.26. The number of sulfonamides is 1. The van der Waals surface area contributed by atoms with Crippen molar-refractivity contribution >= 4 is 21.1 Å². The fourth-order valence-corrected chi connectivity index (χ4v) is 5.25. The first-order valence-electron chi connectivity index (χ1n) is 9.03. The van der Waals surface area contributed by atoms with Crippen LogP contribution in [0.2, 0.25) is 0 Å². The van der Waals surface area contributed by atoms with Crippen molar-refractivity contribution in [1.29, 1.82) is 0 Å². The third-order valence-electron chi connectivity index (χ3n) is 5.24. The van der Waals surface area contributed by atoms with Crippen LogP contribution in [0.3, 0.4) is 0 Å². The summed E-state index contributed by atoms with van der Waals surface area (Å²) in [4.78, 5) is 5.01. The lowest BCUT2D eigenvalue weighted by Crippen LogP contribution is -2.39. The van der Waals surface area contributed by atoms with Crippen LogP contribution in [0.15, 0.2) is 59.5 Å². The number of piperidine rings is 1. The number of hydrogen-bond donors (Lipinski definition) is 0. The summed E-state index contributed by atoms with van der Waals surface area (Å²) in [6, 6.07) is 16.9. The fourth-order valence-electron chi connectivity index (χ4n) is 3.76. The van der Waals surface area contributed by atoms with E-state index in [4.69, 9.17) is 0 Å². The molecule has 2 heterocycles. The number of fused-ring (bicyclic) bond motifs is 1. The van der Waals surface area contributed by atoms with Gasteiger partial charge in [-0.3, -0.25) is 0 Å². The Morgan fingerprint density at radius 1 is 1.00 bits per heavy atom. The Morgan fingerprint density at radius 2 is 1.65 bits per heavy atom. The van der Waals surface area contributed by atoms with E-state index in [-0.39, 0.29) is 0 Å². The largest absolute Gasteiger partial charge is 0.328 e. The minimum atomic E-state index is -3.38. The lowest BCUT2D eigenvalue weighted by Gasteiger charge is -2.31. The molecule has 6 heteroatoms. The molecule has 0 unspecified atom stereocenters. The molecule has 1 fully saturated rings. The third-order valence-corrected chi connectivity index (χ3v) is 7.15. The van der Waals surface area contributed by atoms with Crippen LogP contribution in [0.4, 0.5) is 0 Å². The van der Waals surface area contributed by atoms with Crippen LogP contribution in [-0.2, 0) is 16.6 Å². The molecule has 1 aliphatic heterocycles. The van der Waals surface area contributed by atoms with Crippen LogP contribution in [0, 0.1) is 12.8 Å². The second kappa shape index (κ2) is 6.85. The van der Waals surface area contributed by atoms with Gasteiger partial charge in [0, 0.05) is 19.6 Å². The highest BCUT2D eigenvalue weighted by atomic mass is 32.2. The summed E-state index contributed by atoms with van der Waals surface area (Å²) in [6.07, 6.45) is 1.75. The van der Waals surface area contributed by atoms with Crippen LogP contribution in [0.25, 0.3) is 11.0 Å². The molecular formula is C20H23N3O2S. The Labute approximate surface area is 154 Å². The second-order valence-corrected chi connectivity index (χ2v) is 8.86. The number of hydrogen-bond acceptors (Lipinski definition) is 3. The van der Waals surface area contributed by atoms with Gasteiger partial charge in [-0.2, -0.15) is 4.31 Å². The van der Waals surface area contributed by atoms with E-state index >= 15 is 0 Å². The number of nitrogens with zero attached hydrogens (tertiary/aromatic N) is 3. The van der Waals surface area contributed by atoms with Gasteiger partial charge < -0.3 is 4.57 Å².